The summed E-state index contributed by atoms with van der Waals surface area (Å²) >= 11 is 0. The molecule has 6 nitrogen and oxygen atoms in total. The maximum absolute atomic E-state index is 11.4. The number of hydrogen-bond acceptors (Lipinski definition) is 4. The predicted molar refractivity (Wildman–Crippen MR) is 71.8 cm³/mol. The first-order valence-corrected chi connectivity index (χ1v) is 8.42. The Bertz CT molecular complexity index is 401. The molecule has 0 amide bonds. The number of guanidine groups is 1. The molecular formula is C11H22N4O2S. The molecule has 1 saturated carbocycles. The van der Waals surface area contributed by atoms with E-state index >= 15 is 0 Å². The van der Waals surface area contributed by atoms with Crippen molar-refractivity contribution in [2.75, 3.05) is 11.5 Å². The lowest BCUT2D eigenvalue weighted by atomic mass is 9.96. The fraction of sp³-hybridized carbons (Fsp3) is 0.909. The number of sulfone groups is 1. The van der Waals surface area contributed by atoms with Crippen molar-refractivity contribution in [3.63, 3.8) is 0 Å². The zero-order chi connectivity index (χ0) is 13.0. The number of rotatable bonds is 2. The molecule has 104 valence electrons. The Kier molecular flexibility index (Phi) is 4.45. The minimum atomic E-state index is -2.87. The Labute approximate surface area is 108 Å². The Hall–Kier alpha value is -0.820. The SMILES string of the molecule is NNC(=NC1CCCCC1)NC1CCS(=O)(=O)C1. The standard InChI is InChI=1S/C11H22N4O2S/c12-15-11(13-9-4-2-1-3-5-9)14-10-6-7-18(16,17)8-10/h9-10H,1-8,12H2,(H2,13,14,15). The van der Waals surface area contributed by atoms with Crippen molar-refractivity contribution >= 4 is 15.8 Å². The van der Waals surface area contributed by atoms with Crippen molar-refractivity contribution in [1.29, 1.82) is 0 Å². The van der Waals surface area contributed by atoms with E-state index in [0.717, 1.165) is 12.8 Å². The van der Waals surface area contributed by atoms with E-state index in [1.54, 1.807) is 0 Å². The van der Waals surface area contributed by atoms with Crippen LogP contribution in [-0.2, 0) is 9.84 Å². The van der Waals surface area contributed by atoms with Gasteiger partial charge in [-0.2, -0.15) is 0 Å². The fourth-order valence-corrected chi connectivity index (χ4v) is 4.28. The lowest BCUT2D eigenvalue weighted by Crippen LogP contribution is -2.47. The molecule has 4 N–H and O–H groups in total. The van der Waals surface area contributed by atoms with Crippen LogP contribution in [0.2, 0.25) is 0 Å². The molecule has 2 fully saturated rings. The van der Waals surface area contributed by atoms with Gasteiger partial charge < -0.3 is 5.32 Å². The van der Waals surface area contributed by atoms with E-state index in [-0.39, 0.29) is 17.5 Å². The number of nitrogens with one attached hydrogen (secondary N) is 2. The molecule has 1 aliphatic carbocycles. The van der Waals surface area contributed by atoms with Gasteiger partial charge in [0.2, 0.25) is 5.96 Å². The van der Waals surface area contributed by atoms with Crippen LogP contribution in [0, 0.1) is 0 Å². The first-order chi connectivity index (χ1) is 8.59. The fourth-order valence-electron chi connectivity index (χ4n) is 2.61. The Morgan fingerprint density at radius 2 is 1.89 bits per heavy atom. The van der Waals surface area contributed by atoms with Crippen LogP contribution < -0.4 is 16.6 Å². The third kappa shape index (κ3) is 3.84. The third-order valence-corrected chi connectivity index (χ3v) is 5.36. The summed E-state index contributed by atoms with van der Waals surface area (Å²) in [4.78, 5) is 4.54. The molecule has 1 unspecified atom stereocenters. The molecule has 1 atom stereocenters. The van der Waals surface area contributed by atoms with Gasteiger partial charge in [-0.05, 0) is 19.3 Å². The second-order valence-corrected chi connectivity index (χ2v) is 7.39. The van der Waals surface area contributed by atoms with Crippen molar-refractivity contribution in [3.05, 3.63) is 0 Å². The Morgan fingerprint density at radius 1 is 1.17 bits per heavy atom. The van der Waals surface area contributed by atoms with E-state index in [1.165, 1.54) is 19.3 Å². The summed E-state index contributed by atoms with van der Waals surface area (Å²) in [5.74, 6) is 6.41. The lowest BCUT2D eigenvalue weighted by Gasteiger charge is -2.21. The molecule has 2 rings (SSSR count). The van der Waals surface area contributed by atoms with E-state index in [2.05, 4.69) is 15.7 Å². The highest BCUT2D eigenvalue weighted by Crippen LogP contribution is 2.20. The van der Waals surface area contributed by atoms with Crippen LogP contribution in [0.15, 0.2) is 4.99 Å². The van der Waals surface area contributed by atoms with Crippen molar-refractivity contribution in [3.8, 4) is 0 Å². The van der Waals surface area contributed by atoms with Crippen molar-refractivity contribution < 1.29 is 8.42 Å². The van der Waals surface area contributed by atoms with Crippen LogP contribution in [0.4, 0.5) is 0 Å². The van der Waals surface area contributed by atoms with E-state index in [9.17, 15) is 8.42 Å². The van der Waals surface area contributed by atoms with Crippen LogP contribution in [0.3, 0.4) is 0 Å². The van der Waals surface area contributed by atoms with Gasteiger partial charge in [0, 0.05) is 6.04 Å². The Balaban J connectivity index is 1.90. The smallest absolute Gasteiger partial charge is 0.206 e. The summed E-state index contributed by atoms with van der Waals surface area (Å²) in [6.07, 6.45) is 6.53. The summed E-state index contributed by atoms with van der Waals surface area (Å²) in [7, 11) is -2.87. The zero-order valence-corrected chi connectivity index (χ0v) is 11.4. The average molecular weight is 274 g/mol. The molecule has 7 heteroatoms. The number of hydrogen-bond donors (Lipinski definition) is 3. The molecule has 0 aromatic heterocycles. The number of hydrazine groups is 1. The first kappa shape index (κ1) is 13.6. The number of nitrogens with two attached hydrogens (primary N) is 1. The molecule has 1 heterocycles. The molecule has 0 radical (unpaired) electrons. The summed E-state index contributed by atoms with van der Waals surface area (Å²) in [6, 6.07) is 0.253. The lowest BCUT2D eigenvalue weighted by molar-refractivity contribution is 0.440. The minimum absolute atomic E-state index is 0.0617. The molecule has 1 saturated heterocycles. The zero-order valence-electron chi connectivity index (χ0n) is 10.6. The molecule has 0 aromatic carbocycles. The third-order valence-electron chi connectivity index (χ3n) is 3.60. The maximum Gasteiger partial charge on any atom is 0.206 e. The highest BCUT2D eigenvalue weighted by atomic mass is 32.2. The van der Waals surface area contributed by atoms with Gasteiger partial charge in [0.25, 0.3) is 0 Å². The van der Waals surface area contributed by atoms with Gasteiger partial charge in [0.15, 0.2) is 9.84 Å². The predicted octanol–water partition coefficient (Wildman–Crippen LogP) is -0.0849. The van der Waals surface area contributed by atoms with Crippen molar-refractivity contribution in [2.45, 2.75) is 50.6 Å². The van der Waals surface area contributed by atoms with Gasteiger partial charge in [-0.25, -0.2) is 19.3 Å². The van der Waals surface area contributed by atoms with Gasteiger partial charge in [-0.15, -0.1) is 0 Å². The Morgan fingerprint density at radius 3 is 2.44 bits per heavy atom. The second-order valence-electron chi connectivity index (χ2n) is 5.16. The number of nitrogens with zero attached hydrogens (tertiary/aromatic N) is 1. The monoisotopic (exact) mass is 274 g/mol. The maximum atomic E-state index is 11.4. The van der Waals surface area contributed by atoms with Crippen LogP contribution in [-0.4, -0.2) is 38.0 Å². The quantitative estimate of drug-likeness (QED) is 0.283. The molecule has 2 aliphatic rings. The van der Waals surface area contributed by atoms with E-state index in [4.69, 9.17) is 5.84 Å². The molecule has 0 aromatic rings. The normalized spacial score (nSPS) is 29.2. The summed E-state index contributed by atoms with van der Waals surface area (Å²) in [6.45, 7) is 0. The van der Waals surface area contributed by atoms with Gasteiger partial charge >= 0.3 is 0 Å². The van der Waals surface area contributed by atoms with Crippen LogP contribution in [0.25, 0.3) is 0 Å². The van der Waals surface area contributed by atoms with E-state index in [0.29, 0.717) is 18.4 Å². The summed E-state index contributed by atoms with van der Waals surface area (Å²) in [5.41, 5.74) is 2.55. The molecule has 18 heavy (non-hydrogen) atoms. The molecule has 1 aliphatic heterocycles. The van der Waals surface area contributed by atoms with Crippen LogP contribution in [0.5, 0.6) is 0 Å². The molecule has 0 bridgehead atoms. The largest absolute Gasteiger partial charge is 0.352 e. The van der Waals surface area contributed by atoms with Gasteiger partial charge in [-0.3, -0.25) is 5.43 Å². The first-order valence-electron chi connectivity index (χ1n) is 6.60. The number of aliphatic imine (C=N–C) groups is 1. The van der Waals surface area contributed by atoms with E-state index < -0.39 is 9.84 Å². The molecule has 0 spiro atoms. The average Bonchev–Trinajstić information content (AvgIpc) is 2.69. The highest BCUT2D eigenvalue weighted by molar-refractivity contribution is 7.91. The summed E-state index contributed by atoms with van der Waals surface area (Å²) in [5, 5.41) is 3.10. The summed E-state index contributed by atoms with van der Waals surface area (Å²) < 4.78 is 22.7. The van der Waals surface area contributed by atoms with Crippen molar-refractivity contribution in [1.82, 2.24) is 10.7 Å². The van der Waals surface area contributed by atoms with Gasteiger partial charge in [0.05, 0.1) is 17.5 Å². The van der Waals surface area contributed by atoms with Crippen molar-refractivity contribution in [2.24, 2.45) is 10.8 Å². The minimum Gasteiger partial charge on any atom is -0.352 e. The van der Waals surface area contributed by atoms with Gasteiger partial charge in [-0.1, -0.05) is 19.3 Å². The topological polar surface area (TPSA) is 96.6 Å². The molecular weight excluding hydrogens is 252 g/mol. The second kappa shape index (κ2) is 5.88. The van der Waals surface area contributed by atoms with Gasteiger partial charge in [0.1, 0.15) is 0 Å². The van der Waals surface area contributed by atoms with E-state index in [1.807, 2.05) is 0 Å². The van der Waals surface area contributed by atoms with Crippen LogP contribution >= 0.6 is 0 Å². The van der Waals surface area contributed by atoms with Crippen LogP contribution in [0.1, 0.15) is 38.5 Å². The highest BCUT2D eigenvalue weighted by Gasteiger charge is 2.28.